The van der Waals surface area contributed by atoms with Crippen LogP contribution in [0.3, 0.4) is 0 Å². The number of nitrogens with zero attached hydrogens (tertiary/aromatic N) is 1. The summed E-state index contributed by atoms with van der Waals surface area (Å²) in [5.41, 5.74) is 1.10. The van der Waals surface area contributed by atoms with Gasteiger partial charge in [0.2, 0.25) is 0 Å². The number of amides is 2. The molecule has 1 unspecified atom stereocenters. The Morgan fingerprint density at radius 3 is 2.48 bits per heavy atom. The normalized spacial score (nSPS) is 16.7. The fraction of sp³-hybridized carbons (Fsp3) is 0.222. The summed E-state index contributed by atoms with van der Waals surface area (Å²) in [5, 5.41) is 2.40. The van der Waals surface area contributed by atoms with Crippen LogP contribution in [0.15, 0.2) is 42.5 Å². The molecule has 0 aliphatic carbocycles. The van der Waals surface area contributed by atoms with Crippen LogP contribution < -0.4 is 10.2 Å². The summed E-state index contributed by atoms with van der Waals surface area (Å²) in [6.45, 7) is 2.13. The predicted octanol–water partition coefficient (Wildman–Crippen LogP) is 3.03. The molecule has 0 bridgehead atoms. The van der Waals surface area contributed by atoms with Crippen molar-refractivity contribution in [2.45, 2.75) is 13.0 Å². The molecule has 1 aliphatic rings. The van der Waals surface area contributed by atoms with Gasteiger partial charge < -0.3 is 10.1 Å². The summed E-state index contributed by atoms with van der Waals surface area (Å²) < 4.78 is 32.4. The number of ether oxygens (including phenoxy) is 1. The van der Waals surface area contributed by atoms with E-state index in [0.29, 0.717) is 5.69 Å². The molecule has 0 radical (unpaired) electrons. The van der Waals surface area contributed by atoms with Crippen molar-refractivity contribution in [3.8, 4) is 0 Å². The average molecular weight is 346 g/mol. The van der Waals surface area contributed by atoms with E-state index in [9.17, 15) is 18.4 Å². The Bertz CT molecular complexity index is 788. The van der Waals surface area contributed by atoms with Crippen molar-refractivity contribution in [3.63, 3.8) is 0 Å². The van der Waals surface area contributed by atoms with Gasteiger partial charge in [0.1, 0.15) is 23.3 Å². The molecule has 7 heteroatoms. The van der Waals surface area contributed by atoms with Gasteiger partial charge in [-0.2, -0.15) is 0 Å². The SMILES string of the molecule is Cc1ccc(N2CC(CNC(=O)c3c(F)cccc3F)OC2=O)cc1. The molecule has 2 amide bonds. The first-order valence-corrected chi connectivity index (χ1v) is 7.72. The molecule has 1 aliphatic heterocycles. The largest absolute Gasteiger partial charge is 0.442 e. The smallest absolute Gasteiger partial charge is 0.414 e. The third kappa shape index (κ3) is 3.60. The lowest BCUT2D eigenvalue weighted by molar-refractivity contribution is 0.0908. The van der Waals surface area contributed by atoms with Gasteiger partial charge in [0.15, 0.2) is 0 Å². The summed E-state index contributed by atoms with van der Waals surface area (Å²) >= 11 is 0. The Morgan fingerprint density at radius 1 is 1.20 bits per heavy atom. The summed E-state index contributed by atoms with van der Waals surface area (Å²) in [6.07, 6.45) is -1.13. The number of halogens is 2. The molecule has 5 nitrogen and oxygen atoms in total. The van der Waals surface area contributed by atoms with Gasteiger partial charge in [-0.05, 0) is 31.2 Å². The minimum absolute atomic E-state index is 0.0410. The maximum Gasteiger partial charge on any atom is 0.414 e. The van der Waals surface area contributed by atoms with Crippen LogP contribution in [0.1, 0.15) is 15.9 Å². The number of anilines is 1. The first-order chi connectivity index (χ1) is 12.0. The third-order valence-corrected chi connectivity index (χ3v) is 3.90. The zero-order valence-electron chi connectivity index (χ0n) is 13.5. The molecule has 1 heterocycles. The Labute approximate surface area is 143 Å². The zero-order chi connectivity index (χ0) is 18.0. The number of carbonyl (C=O) groups is 2. The molecule has 1 saturated heterocycles. The van der Waals surface area contributed by atoms with Gasteiger partial charge in [0.05, 0.1) is 13.1 Å². The number of aryl methyl sites for hydroxylation is 1. The minimum atomic E-state index is -0.942. The van der Waals surface area contributed by atoms with Crippen molar-refractivity contribution >= 4 is 17.7 Å². The standard InChI is InChI=1S/C18H16F2N2O3/c1-11-5-7-12(8-6-11)22-10-13(25-18(22)24)9-21-17(23)16-14(19)3-2-4-15(16)20/h2-8,13H,9-10H2,1H3,(H,21,23). The highest BCUT2D eigenvalue weighted by molar-refractivity contribution is 5.95. The highest BCUT2D eigenvalue weighted by Crippen LogP contribution is 2.22. The van der Waals surface area contributed by atoms with Gasteiger partial charge in [-0.3, -0.25) is 9.69 Å². The second-order valence-corrected chi connectivity index (χ2v) is 5.76. The van der Waals surface area contributed by atoms with Crippen LogP contribution in [0.25, 0.3) is 0 Å². The Balaban J connectivity index is 1.62. The Kier molecular flexibility index (Phi) is 4.65. The molecule has 0 spiro atoms. The molecule has 1 atom stereocenters. The van der Waals surface area contributed by atoms with E-state index >= 15 is 0 Å². The second-order valence-electron chi connectivity index (χ2n) is 5.76. The van der Waals surface area contributed by atoms with E-state index in [-0.39, 0.29) is 13.1 Å². The van der Waals surface area contributed by atoms with Crippen molar-refractivity contribution in [2.75, 3.05) is 18.0 Å². The first-order valence-electron chi connectivity index (χ1n) is 7.72. The van der Waals surface area contributed by atoms with Crippen LogP contribution in [0.4, 0.5) is 19.3 Å². The number of benzene rings is 2. The number of rotatable bonds is 4. The molecule has 1 N–H and O–H groups in total. The summed E-state index contributed by atoms with van der Waals surface area (Å²) in [4.78, 5) is 25.4. The predicted molar refractivity (Wildman–Crippen MR) is 87.5 cm³/mol. The van der Waals surface area contributed by atoms with Gasteiger partial charge in [0, 0.05) is 5.69 Å². The fourth-order valence-corrected chi connectivity index (χ4v) is 2.57. The monoisotopic (exact) mass is 346 g/mol. The average Bonchev–Trinajstić information content (AvgIpc) is 2.94. The van der Waals surface area contributed by atoms with Crippen LogP contribution in [-0.2, 0) is 4.74 Å². The molecule has 130 valence electrons. The van der Waals surface area contributed by atoms with Crippen molar-refractivity contribution < 1.29 is 23.1 Å². The number of nitrogens with one attached hydrogen (secondary N) is 1. The summed E-state index contributed by atoms with van der Waals surface area (Å²) in [5.74, 6) is -2.77. The fourth-order valence-electron chi connectivity index (χ4n) is 2.57. The van der Waals surface area contributed by atoms with E-state index in [0.717, 1.165) is 17.7 Å². The van der Waals surface area contributed by atoms with E-state index < -0.39 is 35.3 Å². The van der Waals surface area contributed by atoms with Gasteiger partial charge in [0.25, 0.3) is 5.91 Å². The molecule has 2 aromatic carbocycles. The van der Waals surface area contributed by atoms with Gasteiger partial charge >= 0.3 is 6.09 Å². The molecule has 0 aromatic heterocycles. The van der Waals surface area contributed by atoms with Crippen LogP contribution in [-0.4, -0.2) is 31.2 Å². The quantitative estimate of drug-likeness (QED) is 0.926. The van der Waals surface area contributed by atoms with E-state index in [1.54, 1.807) is 12.1 Å². The van der Waals surface area contributed by atoms with Crippen LogP contribution >= 0.6 is 0 Å². The third-order valence-electron chi connectivity index (χ3n) is 3.90. The van der Waals surface area contributed by atoms with E-state index in [1.165, 1.54) is 11.0 Å². The lowest BCUT2D eigenvalue weighted by Crippen LogP contribution is -2.35. The molecular formula is C18H16F2N2O3. The highest BCUT2D eigenvalue weighted by Gasteiger charge is 2.32. The van der Waals surface area contributed by atoms with Crippen molar-refractivity contribution in [3.05, 3.63) is 65.2 Å². The highest BCUT2D eigenvalue weighted by atomic mass is 19.1. The minimum Gasteiger partial charge on any atom is -0.442 e. The first kappa shape index (κ1) is 16.9. The lowest BCUT2D eigenvalue weighted by Gasteiger charge is -2.13. The molecule has 25 heavy (non-hydrogen) atoms. The maximum atomic E-state index is 13.6. The molecule has 0 saturated carbocycles. The zero-order valence-corrected chi connectivity index (χ0v) is 13.5. The number of cyclic esters (lactones) is 1. The van der Waals surface area contributed by atoms with Crippen LogP contribution in [0, 0.1) is 18.6 Å². The van der Waals surface area contributed by atoms with E-state index in [2.05, 4.69) is 5.32 Å². The van der Waals surface area contributed by atoms with Gasteiger partial charge in [-0.25, -0.2) is 13.6 Å². The number of hydrogen-bond donors (Lipinski definition) is 1. The van der Waals surface area contributed by atoms with Crippen LogP contribution in [0.5, 0.6) is 0 Å². The van der Waals surface area contributed by atoms with Crippen molar-refractivity contribution in [1.82, 2.24) is 5.32 Å². The van der Waals surface area contributed by atoms with Crippen molar-refractivity contribution in [2.24, 2.45) is 0 Å². The molecule has 3 rings (SSSR count). The Morgan fingerprint density at radius 2 is 1.84 bits per heavy atom. The number of hydrogen-bond acceptors (Lipinski definition) is 3. The molecule has 1 fully saturated rings. The van der Waals surface area contributed by atoms with E-state index in [4.69, 9.17) is 4.74 Å². The summed E-state index contributed by atoms with van der Waals surface area (Å²) in [7, 11) is 0. The maximum absolute atomic E-state index is 13.6. The van der Waals surface area contributed by atoms with Gasteiger partial charge in [-0.15, -0.1) is 0 Å². The molecule has 2 aromatic rings. The van der Waals surface area contributed by atoms with Crippen LogP contribution in [0.2, 0.25) is 0 Å². The second kappa shape index (κ2) is 6.88. The summed E-state index contributed by atoms with van der Waals surface area (Å²) in [6, 6.07) is 10.5. The number of carbonyl (C=O) groups excluding carboxylic acids is 2. The Hall–Kier alpha value is -2.96. The van der Waals surface area contributed by atoms with Gasteiger partial charge in [-0.1, -0.05) is 23.8 Å². The lowest BCUT2D eigenvalue weighted by atomic mass is 10.2. The van der Waals surface area contributed by atoms with E-state index in [1.807, 2.05) is 19.1 Å². The topological polar surface area (TPSA) is 58.6 Å². The van der Waals surface area contributed by atoms with Crippen molar-refractivity contribution in [1.29, 1.82) is 0 Å². The molecular weight excluding hydrogens is 330 g/mol.